The molecule has 0 saturated carbocycles. The van der Waals surface area contributed by atoms with Gasteiger partial charge in [0.15, 0.2) is 0 Å². The maximum Gasteiger partial charge on any atom is 0.235 e. The van der Waals surface area contributed by atoms with Gasteiger partial charge in [-0.15, -0.1) is 11.3 Å². The average molecular weight is 232 g/mol. The topological polar surface area (TPSA) is 42.3 Å². The lowest BCUT2D eigenvalue weighted by Crippen LogP contribution is -1.86. The number of nitrogens with zero attached hydrogens (tertiary/aromatic N) is 2. The molecule has 0 aliphatic carbocycles. The van der Waals surface area contributed by atoms with E-state index in [0.29, 0.717) is 12.5 Å². The van der Waals surface area contributed by atoms with Crippen LogP contribution < -0.4 is 0 Å². The number of benzene rings is 1. The van der Waals surface area contributed by atoms with Gasteiger partial charge >= 0.3 is 0 Å². The van der Waals surface area contributed by atoms with E-state index in [1.807, 2.05) is 18.2 Å². The van der Waals surface area contributed by atoms with Gasteiger partial charge in [-0.2, -0.15) is 0 Å². The third-order valence-corrected chi connectivity index (χ3v) is 3.65. The summed E-state index contributed by atoms with van der Waals surface area (Å²) in [6, 6.07) is 5.97. The number of carbonyl (C=O) groups excluding carboxylic acids is 1. The molecule has 0 fully saturated rings. The Labute approximate surface area is 97.9 Å². The van der Waals surface area contributed by atoms with E-state index >= 15 is 0 Å². The number of aliphatic imine (C=N–C) groups is 1. The summed E-state index contributed by atoms with van der Waals surface area (Å²) >= 11 is 1.70. The molecule has 0 spiro atoms. The van der Waals surface area contributed by atoms with Crippen molar-refractivity contribution in [3.63, 3.8) is 0 Å². The summed E-state index contributed by atoms with van der Waals surface area (Å²) in [4.78, 5) is 18.3. The zero-order valence-electron chi connectivity index (χ0n) is 9.23. The van der Waals surface area contributed by atoms with Crippen molar-refractivity contribution < 1.29 is 4.79 Å². The molecule has 0 aliphatic heterocycles. The van der Waals surface area contributed by atoms with Gasteiger partial charge < -0.3 is 0 Å². The molecule has 0 aliphatic rings. The Morgan fingerprint density at radius 1 is 1.50 bits per heavy atom. The Balaban J connectivity index is 2.53. The molecule has 0 unspecified atom stereocenters. The van der Waals surface area contributed by atoms with Crippen LogP contribution in [0.25, 0.3) is 10.2 Å². The normalized spacial score (nSPS) is 10.7. The summed E-state index contributed by atoms with van der Waals surface area (Å²) in [5.74, 6) is 0.430. The van der Waals surface area contributed by atoms with Crippen molar-refractivity contribution in [3.8, 4) is 0 Å². The largest absolute Gasteiger partial charge is 0.241 e. The highest BCUT2D eigenvalue weighted by Crippen LogP contribution is 2.29. The fraction of sp³-hybridized carbons (Fsp3) is 0.333. The molecule has 2 aromatic rings. The second kappa shape index (κ2) is 4.56. The number of para-hydroxylation sites is 1. The second-order valence-corrected chi connectivity index (χ2v) is 4.94. The van der Waals surface area contributed by atoms with Gasteiger partial charge in [-0.05, 0) is 6.07 Å². The molecule has 0 saturated heterocycles. The molecule has 0 radical (unpaired) electrons. The van der Waals surface area contributed by atoms with E-state index in [9.17, 15) is 4.79 Å². The van der Waals surface area contributed by atoms with E-state index in [1.165, 1.54) is 0 Å². The van der Waals surface area contributed by atoms with Crippen molar-refractivity contribution in [3.05, 3.63) is 28.8 Å². The first kappa shape index (κ1) is 11.0. The molecule has 3 nitrogen and oxygen atoms in total. The van der Waals surface area contributed by atoms with Gasteiger partial charge in [0.25, 0.3) is 0 Å². The van der Waals surface area contributed by atoms with Gasteiger partial charge in [-0.1, -0.05) is 26.0 Å². The number of hydrogen-bond acceptors (Lipinski definition) is 4. The van der Waals surface area contributed by atoms with Gasteiger partial charge in [0.05, 0.1) is 21.8 Å². The molecule has 0 bridgehead atoms. The fourth-order valence-corrected chi connectivity index (χ4v) is 2.53. The third kappa shape index (κ3) is 2.03. The number of fused-ring (bicyclic) bond motifs is 1. The number of isocyanates is 1. The summed E-state index contributed by atoms with van der Waals surface area (Å²) in [5.41, 5.74) is 1.96. The van der Waals surface area contributed by atoms with Crippen LogP contribution in [0.1, 0.15) is 30.3 Å². The highest BCUT2D eigenvalue weighted by Gasteiger charge is 2.09. The minimum atomic E-state index is 0.363. The van der Waals surface area contributed by atoms with Crippen molar-refractivity contribution in [1.82, 2.24) is 4.98 Å². The van der Waals surface area contributed by atoms with E-state index in [0.717, 1.165) is 20.8 Å². The molecule has 1 aromatic heterocycles. The number of hydrogen-bond donors (Lipinski definition) is 0. The van der Waals surface area contributed by atoms with Crippen LogP contribution in [0.15, 0.2) is 23.2 Å². The Morgan fingerprint density at radius 3 is 3.00 bits per heavy atom. The van der Waals surface area contributed by atoms with Crippen LogP contribution >= 0.6 is 11.3 Å². The minimum absolute atomic E-state index is 0.363. The van der Waals surface area contributed by atoms with Crippen LogP contribution in [0.3, 0.4) is 0 Å². The molecule has 0 atom stereocenters. The summed E-state index contributed by atoms with van der Waals surface area (Å²) in [6.07, 6.45) is 1.56. The highest BCUT2D eigenvalue weighted by molar-refractivity contribution is 7.18. The van der Waals surface area contributed by atoms with Crippen molar-refractivity contribution in [1.29, 1.82) is 0 Å². The van der Waals surface area contributed by atoms with Crippen molar-refractivity contribution in [2.45, 2.75) is 26.3 Å². The number of thiazole rings is 1. The summed E-state index contributed by atoms with van der Waals surface area (Å²) in [6.45, 7) is 4.62. The average Bonchev–Trinajstić information content (AvgIpc) is 2.70. The molecular formula is C12H12N2OS. The lowest BCUT2D eigenvalue weighted by atomic mass is 10.2. The molecular weight excluding hydrogens is 220 g/mol. The predicted octanol–water partition coefficient (Wildman–Crippen LogP) is 3.26. The van der Waals surface area contributed by atoms with E-state index in [4.69, 9.17) is 0 Å². The van der Waals surface area contributed by atoms with Crippen LogP contribution in [0.5, 0.6) is 0 Å². The quantitative estimate of drug-likeness (QED) is 0.602. The van der Waals surface area contributed by atoms with Gasteiger partial charge in [0, 0.05) is 11.5 Å². The molecule has 1 aromatic carbocycles. The number of rotatable bonds is 3. The van der Waals surface area contributed by atoms with Crippen LogP contribution in [0.2, 0.25) is 0 Å². The second-order valence-electron chi connectivity index (χ2n) is 3.88. The lowest BCUT2D eigenvalue weighted by Gasteiger charge is -1.96. The fourth-order valence-electron chi connectivity index (χ4n) is 1.51. The van der Waals surface area contributed by atoms with Crippen LogP contribution in [-0.4, -0.2) is 11.1 Å². The van der Waals surface area contributed by atoms with Crippen molar-refractivity contribution >= 4 is 27.6 Å². The first-order valence-electron chi connectivity index (χ1n) is 5.14. The zero-order chi connectivity index (χ0) is 11.5. The van der Waals surface area contributed by atoms with Crippen LogP contribution in [-0.2, 0) is 11.3 Å². The minimum Gasteiger partial charge on any atom is -0.241 e. The molecule has 1 heterocycles. The van der Waals surface area contributed by atoms with E-state index < -0.39 is 0 Å². The molecule has 2 rings (SSSR count). The van der Waals surface area contributed by atoms with E-state index in [1.54, 1.807) is 17.4 Å². The van der Waals surface area contributed by atoms with Crippen LogP contribution in [0, 0.1) is 0 Å². The van der Waals surface area contributed by atoms with Crippen LogP contribution in [0.4, 0.5) is 0 Å². The summed E-state index contributed by atoms with van der Waals surface area (Å²) < 4.78 is 1.15. The molecule has 4 heteroatoms. The van der Waals surface area contributed by atoms with E-state index in [-0.39, 0.29) is 0 Å². The molecule has 82 valence electrons. The van der Waals surface area contributed by atoms with Gasteiger partial charge in [-0.25, -0.2) is 14.8 Å². The molecule has 0 amide bonds. The highest BCUT2D eigenvalue weighted by atomic mass is 32.1. The van der Waals surface area contributed by atoms with Crippen molar-refractivity contribution in [2.24, 2.45) is 4.99 Å². The Kier molecular flexibility index (Phi) is 3.13. The predicted molar refractivity (Wildman–Crippen MR) is 65.5 cm³/mol. The Bertz CT molecular complexity index is 553. The standard InChI is InChI=1S/C12H12N2OS/c1-8(2)12-14-11-9(6-13-7-15)4-3-5-10(11)16-12/h3-5,8H,6H2,1-2H3. The van der Waals surface area contributed by atoms with Crippen molar-refractivity contribution in [2.75, 3.05) is 0 Å². The summed E-state index contributed by atoms with van der Waals surface area (Å²) in [7, 11) is 0. The van der Waals surface area contributed by atoms with Gasteiger partial charge in [0.2, 0.25) is 6.08 Å². The maximum absolute atomic E-state index is 10.1. The number of aromatic nitrogens is 1. The first-order chi connectivity index (χ1) is 7.72. The maximum atomic E-state index is 10.1. The van der Waals surface area contributed by atoms with E-state index in [2.05, 4.69) is 23.8 Å². The smallest absolute Gasteiger partial charge is 0.235 e. The Hall–Kier alpha value is -1.51. The summed E-state index contributed by atoms with van der Waals surface area (Å²) in [5, 5.41) is 1.12. The molecule has 16 heavy (non-hydrogen) atoms. The zero-order valence-corrected chi connectivity index (χ0v) is 10.0. The monoisotopic (exact) mass is 232 g/mol. The lowest BCUT2D eigenvalue weighted by molar-refractivity contribution is 0.563. The van der Waals surface area contributed by atoms with Gasteiger partial charge in [-0.3, -0.25) is 0 Å². The third-order valence-electron chi connectivity index (χ3n) is 2.33. The molecule has 0 N–H and O–H groups in total. The SMILES string of the molecule is CC(C)c1nc2c(CN=C=O)cccc2s1. The van der Waals surface area contributed by atoms with Gasteiger partial charge in [0.1, 0.15) is 0 Å². The first-order valence-corrected chi connectivity index (χ1v) is 5.96. The Morgan fingerprint density at radius 2 is 2.31 bits per heavy atom.